The number of ether oxygens (including phenoxy) is 7. The fourth-order valence-electron chi connectivity index (χ4n) is 12.0. The smallest absolute Gasteiger partial charge is 0.337 e. The summed E-state index contributed by atoms with van der Waals surface area (Å²) in [6.45, 7) is 18.5. The molecule has 1 aromatic heterocycles. The number of aromatic nitrogens is 3. The third kappa shape index (κ3) is 13.6. The standard InChI is InChI=1S/C53H88FN5O13/c1-16-42-53(10,65)46(60)34(6)58(12)28-30(2)25-51(8,64)48(32(4)44(33(5)49(62)71-42)41-26-52(9,68-15)47(61)35(7)70-41)72-43-24-39(23-31(3)69-43)57(11)22-21-38-29-59(56-55-38)40(27-54)45(66-13)36-17-19-37(20-18-36)50(63)67-14/h17-20,29-35,39-48,60-61,64-65H,16,21-28H2,1-15H3/t30-,31-,32+,33-,34-,35+,39+,40-,41-,42-,43+,44?,45-,46-,47+,48-,51-,52-,53-/m1/s1. The Hall–Kier alpha value is -3.21. The van der Waals surface area contributed by atoms with Gasteiger partial charge in [0.1, 0.15) is 42.7 Å². The lowest BCUT2D eigenvalue weighted by molar-refractivity contribution is -0.275. The molecular formula is C53H88FN5O13. The fourth-order valence-corrected chi connectivity index (χ4v) is 12.0. The molecule has 18 nitrogen and oxygen atoms in total. The van der Waals surface area contributed by atoms with Crippen LogP contribution in [0, 0.1) is 23.7 Å². The van der Waals surface area contributed by atoms with E-state index in [0.29, 0.717) is 49.2 Å². The van der Waals surface area contributed by atoms with Crippen molar-refractivity contribution < 1.29 is 67.6 Å². The number of likely N-dealkylation sites (N-methyl/N-ethyl adjacent to an activating group) is 2. The van der Waals surface area contributed by atoms with Gasteiger partial charge in [0.2, 0.25) is 0 Å². The number of benzene rings is 1. The summed E-state index contributed by atoms with van der Waals surface area (Å²) in [5, 5.41) is 56.5. The first-order valence-corrected chi connectivity index (χ1v) is 25.9. The molecule has 3 aliphatic rings. The minimum Gasteiger partial charge on any atom is -0.465 e. The molecule has 19 atom stereocenters. The number of carbonyl (C=O) groups is 2. The zero-order valence-electron chi connectivity index (χ0n) is 45.6. The Bertz CT molecular complexity index is 2030. The molecule has 4 heterocycles. The van der Waals surface area contributed by atoms with Crippen LogP contribution in [0.3, 0.4) is 0 Å². The minimum absolute atomic E-state index is 0.0175. The molecule has 72 heavy (non-hydrogen) atoms. The van der Waals surface area contributed by atoms with Crippen molar-refractivity contribution >= 4 is 11.9 Å². The van der Waals surface area contributed by atoms with Crippen molar-refractivity contribution in [3.63, 3.8) is 0 Å². The molecule has 19 heteroatoms. The summed E-state index contributed by atoms with van der Waals surface area (Å²) in [7, 11) is 8.24. The van der Waals surface area contributed by atoms with E-state index in [0.717, 1.165) is 0 Å². The number of esters is 2. The maximum atomic E-state index is 14.8. The number of hydrogen-bond donors (Lipinski definition) is 4. The van der Waals surface area contributed by atoms with Gasteiger partial charge in [0.05, 0.1) is 59.9 Å². The quantitative estimate of drug-likeness (QED) is 0.171. The van der Waals surface area contributed by atoms with Gasteiger partial charge in [0.25, 0.3) is 0 Å². The Kier molecular flexibility index (Phi) is 20.8. The normalized spacial score (nSPS) is 38.9. The second-order valence-electron chi connectivity index (χ2n) is 22.1. The molecule has 0 bridgehead atoms. The molecule has 0 aliphatic carbocycles. The van der Waals surface area contributed by atoms with E-state index in [1.165, 1.54) is 25.8 Å². The number of aliphatic hydroxyl groups is 4. The van der Waals surface area contributed by atoms with Gasteiger partial charge in [-0.3, -0.25) is 4.79 Å². The first kappa shape index (κ1) is 59.7. The van der Waals surface area contributed by atoms with Crippen molar-refractivity contribution in [3.8, 4) is 0 Å². The Morgan fingerprint density at radius 2 is 1.65 bits per heavy atom. The van der Waals surface area contributed by atoms with Crippen LogP contribution >= 0.6 is 0 Å². The van der Waals surface area contributed by atoms with Crippen molar-refractivity contribution in [2.75, 3.05) is 55.2 Å². The van der Waals surface area contributed by atoms with Crippen molar-refractivity contribution in [1.29, 1.82) is 0 Å². The van der Waals surface area contributed by atoms with Gasteiger partial charge in [-0.1, -0.05) is 45.0 Å². The highest BCUT2D eigenvalue weighted by molar-refractivity contribution is 5.89. The first-order valence-electron chi connectivity index (χ1n) is 25.9. The zero-order valence-corrected chi connectivity index (χ0v) is 45.6. The summed E-state index contributed by atoms with van der Waals surface area (Å²) in [5.74, 6) is -3.37. The number of carbonyl (C=O) groups excluding carboxylic acids is 2. The Labute approximate surface area is 427 Å². The molecule has 1 aromatic carbocycles. The van der Waals surface area contributed by atoms with E-state index in [1.807, 2.05) is 53.6 Å². The largest absolute Gasteiger partial charge is 0.465 e. The van der Waals surface area contributed by atoms with Gasteiger partial charge < -0.3 is 63.4 Å². The van der Waals surface area contributed by atoms with E-state index >= 15 is 0 Å². The molecule has 3 saturated heterocycles. The molecule has 5 rings (SSSR count). The summed E-state index contributed by atoms with van der Waals surface area (Å²) in [6.07, 6.45) is -3.18. The number of cyclic esters (lactones) is 1. The maximum absolute atomic E-state index is 14.8. The molecule has 0 amide bonds. The zero-order chi connectivity index (χ0) is 53.6. The van der Waals surface area contributed by atoms with Crippen LogP contribution in [0.25, 0.3) is 0 Å². The predicted octanol–water partition coefficient (Wildman–Crippen LogP) is 5.09. The van der Waals surface area contributed by atoms with Crippen LogP contribution in [0.2, 0.25) is 0 Å². The topological polar surface area (TPSA) is 217 Å². The molecule has 3 aliphatic heterocycles. The van der Waals surface area contributed by atoms with Crippen molar-refractivity contribution in [3.05, 3.63) is 47.3 Å². The average molecular weight is 1020 g/mol. The molecule has 1 unspecified atom stereocenters. The van der Waals surface area contributed by atoms with Crippen LogP contribution < -0.4 is 0 Å². The molecule has 0 radical (unpaired) electrons. The van der Waals surface area contributed by atoms with Gasteiger partial charge in [-0.15, -0.1) is 5.10 Å². The van der Waals surface area contributed by atoms with Gasteiger partial charge >= 0.3 is 11.9 Å². The van der Waals surface area contributed by atoms with Crippen molar-refractivity contribution in [2.24, 2.45) is 23.7 Å². The fraction of sp³-hybridized carbons (Fsp3) is 0.811. The number of hydrogen-bond acceptors (Lipinski definition) is 17. The molecule has 3 fully saturated rings. The summed E-state index contributed by atoms with van der Waals surface area (Å²) in [6, 6.07) is 5.26. The lowest BCUT2D eigenvalue weighted by atomic mass is 9.68. The minimum atomic E-state index is -1.80. The van der Waals surface area contributed by atoms with E-state index in [-0.39, 0.29) is 37.3 Å². The lowest BCUT2D eigenvalue weighted by Crippen LogP contribution is -2.61. The highest BCUT2D eigenvalue weighted by Gasteiger charge is 2.54. The van der Waals surface area contributed by atoms with E-state index < -0.39 is 114 Å². The Morgan fingerprint density at radius 3 is 2.25 bits per heavy atom. The number of alkyl halides is 1. The lowest BCUT2D eigenvalue weighted by Gasteiger charge is -2.51. The summed E-state index contributed by atoms with van der Waals surface area (Å²) >= 11 is 0. The van der Waals surface area contributed by atoms with E-state index in [1.54, 1.807) is 65.3 Å². The molecule has 0 spiro atoms. The molecule has 4 N–H and O–H groups in total. The number of halogens is 1. The number of nitrogens with zero attached hydrogens (tertiary/aromatic N) is 5. The summed E-state index contributed by atoms with van der Waals surface area (Å²) < 4.78 is 59.3. The molecular weight excluding hydrogens is 934 g/mol. The second kappa shape index (κ2) is 25.1. The van der Waals surface area contributed by atoms with Gasteiger partial charge in [0.15, 0.2) is 6.29 Å². The van der Waals surface area contributed by atoms with Crippen LogP contribution in [-0.2, 0) is 44.4 Å². The van der Waals surface area contributed by atoms with E-state index in [2.05, 4.69) is 15.2 Å². The number of rotatable bonds is 15. The van der Waals surface area contributed by atoms with Crippen molar-refractivity contribution in [1.82, 2.24) is 24.8 Å². The van der Waals surface area contributed by atoms with Crippen LogP contribution in [0.15, 0.2) is 30.5 Å². The summed E-state index contributed by atoms with van der Waals surface area (Å²) in [4.78, 5) is 30.8. The van der Waals surface area contributed by atoms with Gasteiger partial charge in [-0.25, -0.2) is 13.9 Å². The third-order valence-corrected chi connectivity index (χ3v) is 16.4. The first-order chi connectivity index (χ1) is 33.8. The van der Waals surface area contributed by atoms with E-state index in [4.69, 9.17) is 33.2 Å². The highest BCUT2D eigenvalue weighted by atomic mass is 19.1. The van der Waals surface area contributed by atoms with Gasteiger partial charge in [-0.05, 0) is 104 Å². The average Bonchev–Trinajstić information content (AvgIpc) is 3.81. The SMILES string of the molecule is CC[C@H]1OC(=O)[C@H](C)C([C@H]2C[C@@](C)(OC)[C@@H](O)[C@H](C)O2)[C@H](C)[C@@H](O[C@H]2C[C@@H](N(C)CCc3cn([C@H](CF)[C@H](OC)c4ccc(C(=O)OC)cc4)nn3)C[C@@H](C)O2)[C@](C)(O)C[C@@H](C)CN(C)[C@H](C)[C@@H](O)[C@]1(C)O. The van der Waals surface area contributed by atoms with Gasteiger partial charge in [0, 0.05) is 70.8 Å². The monoisotopic (exact) mass is 1020 g/mol. The van der Waals surface area contributed by atoms with Crippen LogP contribution in [0.5, 0.6) is 0 Å². The van der Waals surface area contributed by atoms with E-state index in [9.17, 15) is 34.4 Å². The molecule has 0 saturated carbocycles. The van der Waals surface area contributed by atoms with Crippen LogP contribution in [0.1, 0.15) is 135 Å². The summed E-state index contributed by atoms with van der Waals surface area (Å²) in [5.41, 5.74) is -2.65. The van der Waals surface area contributed by atoms with Gasteiger partial charge in [-0.2, -0.15) is 0 Å². The predicted molar refractivity (Wildman–Crippen MR) is 267 cm³/mol. The Morgan fingerprint density at radius 1 is 0.986 bits per heavy atom. The highest BCUT2D eigenvalue weighted by Crippen LogP contribution is 2.45. The number of aliphatic hydroxyl groups excluding tert-OH is 2. The van der Waals surface area contributed by atoms with Crippen LogP contribution in [0.4, 0.5) is 4.39 Å². The Balaban J connectivity index is 1.42. The molecule has 2 aromatic rings. The molecule has 410 valence electrons. The second-order valence-corrected chi connectivity index (χ2v) is 22.1. The number of methoxy groups -OCH3 is 3. The maximum Gasteiger partial charge on any atom is 0.337 e. The van der Waals surface area contributed by atoms with Crippen LogP contribution in [-0.4, -0.2) is 190 Å². The third-order valence-electron chi connectivity index (χ3n) is 16.4. The van der Waals surface area contributed by atoms with Crippen molar-refractivity contribution in [2.45, 2.75) is 198 Å².